The first-order valence-corrected chi connectivity index (χ1v) is 18.4. The van der Waals surface area contributed by atoms with E-state index >= 15 is 0 Å². The van der Waals surface area contributed by atoms with Crippen LogP contribution in [0.15, 0.2) is 35.4 Å². The summed E-state index contributed by atoms with van der Waals surface area (Å²) in [6.45, 7) is 8.19. The number of ether oxygens (including phenoxy) is 2. The van der Waals surface area contributed by atoms with Crippen LogP contribution in [-0.2, 0) is 25.1 Å². The molecule has 0 aromatic heterocycles. The molecule has 0 bridgehead atoms. The summed E-state index contributed by atoms with van der Waals surface area (Å²) in [6, 6.07) is 7.27. The van der Waals surface area contributed by atoms with Crippen molar-refractivity contribution in [2.45, 2.75) is 123 Å². The molecule has 7 nitrogen and oxygen atoms in total. The van der Waals surface area contributed by atoms with Crippen molar-refractivity contribution in [2.24, 2.45) is 0 Å². The number of benzene rings is 1. The Morgan fingerprint density at radius 1 is 0.902 bits per heavy atom. The molecular weight excluding hydrogens is 557 g/mol. The second-order valence-electron chi connectivity index (χ2n) is 11.0. The Morgan fingerprint density at radius 2 is 1.51 bits per heavy atom. The van der Waals surface area contributed by atoms with Crippen molar-refractivity contribution in [2.75, 3.05) is 32.3 Å². The minimum atomic E-state index is -4.33. The van der Waals surface area contributed by atoms with E-state index in [9.17, 15) is 9.46 Å². The van der Waals surface area contributed by atoms with Crippen LogP contribution in [0.2, 0.25) is 0 Å². The number of phosphoric ester groups is 1. The molecule has 0 amide bonds. The molecule has 2 rings (SSSR count). The van der Waals surface area contributed by atoms with Crippen LogP contribution >= 0.6 is 19.6 Å². The predicted molar refractivity (Wildman–Crippen MR) is 171 cm³/mol. The van der Waals surface area contributed by atoms with Crippen LogP contribution in [0.4, 0.5) is 0 Å². The number of unbranched alkanes of at least 4 members (excludes halogenated alkanes) is 13. The number of nitrogens with zero attached hydrogens (tertiary/aromatic N) is 1. The second-order valence-corrected chi connectivity index (χ2v) is 13.5. The number of allylic oxidation sites excluding steroid dienone is 1. The van der Waals surface area contributed by atoms with Gasteiger partial charge in [0.15, 0.2) is 0 Å². The number of thioether (sulfide) groups is 1. The van der Waals surface area contributed by atoms with Crippen molar-refractivity contribution in [3.63, 3.8) is 0 Å². The van der Waals surface area contributed by atoms with E-state index in [1.165, 1.54) is 82.0 Å². The summed E-state index contributed by atoms with van der Waals surface area (Å²) in [6.07, 6.45) is 20.2. The summed E-state index contributed by atoms with van der Waals surface area (Å²) in [4.78, 5) is 13.8. The minimum Gasteiger partial charge on any atom is -0.404 e. The average Bonchev–Trinajstić information content (AvgIpc) is 3.36. The molecule has 1 N–H and O–H groups in total. The lowest BCUT2D eigenvalue weighted by molar-refractivity contribution is -0.0373. The molecule has 2 unspecified atom stereocenters. The predicted octanol–water partition coefficient (Wildman–Crippen LogP) is 9.45. The lowest BCUT2D eigenvalue weighted by atomic mass is 10.0. The Morgan fingerprint density at radius 3 is 2.10 bits per heavy atom. The van der Waals surface area contributed by atoms with Gasteiger partial charge in [0.25, 0.3) is 0 Å². The highest BCUT2D eigenvalue weighted by Gasteiger charge is 2.27. The molecule has 2 atom stereocenters. The van der Waals surface area contributed by atoms with Crippen molar-refractivity contribution in [1.29, 1.82) is 0 Å². The highest BCUT2D eigenvalue weighted by Crippen LogP contribution is 2.45. The van der Waals surface area contributed by atoms with Crippen molar-refractivity contribution >= 4 is 19.6 Å². The molecular formula is C32H56NO6PS. The molecule has 0 spiro atoms. The fourth-order valence-electron chi connectivity index (χ4n) is 4.87. The average molecular weight is 614 g/mol. The molecule has 0 fully saturated rings. The molecule has 9 heteroatoms. The van der Waals surface area contributed by atoms with Gasteiger partial charge in [0.05, 0.1) is 19.1 Å². The van der Waals surface area contributed by atoms with Crippen LogP contribution < -0.4 is 4.52 Å². The normalized spacial score (nSPS) is 15.6. The standard InChI is InChI=1S/C32H56NO6PS/c1-4-6-7-8-9-10-11-12-13-14-15-16-17-20-23-36-26-31(37-5-2)27-38-40(34,35)39-32-22-19-18-21-30(32)25-33-24-29(3)41-28-33/h18-19,21-22,24,31H,4-17,20,23,25-28H2,1-3H3,(H,34,35). The Balaban J connectivity index is 1.55. The van der Waals surface area contributed by atoms with E-state index in [4.69, 9.17) is 18.5 Å². The van der Waals surface area contributed by atoms with Gasteiger partial charge < -0.3 is 18.9 Å². The highest BCUT2D eigenvalue weighted by atomic mass is 32.2. The third-order valence-corrected chi connectivity index (χ3v) is 9.08. The Hall–Kier alpha value is -1.02. The van der Waals surface area contributed by atoms with Crippen molar-refractivity contribution in [1.82, 2.24) is 4.90 Å². The topological polar surface area (TPSA) is 77.5 Å². The van der Waals surface area contributed by atoms with E-state index in [-0.39, 0.29) is 6.61 Å². The van der Waals surface area contributed by atoms with Crippen LogP contribution in [0.1, 0.15) is 116 Å². The maximum Gasteiger partial charge on any atom is 0.527 e. The zero-order valence-corrected chi connectivity index (χ0v) is 27.6. The van der Waals surface area contributed by atoms with Gasteiger partial charge in [-0.2, -0.15) is 0 Å². The molecule has 1 heterocycles. The molecule has 41 heavy (non-hydrogen) atoms. The smallest absolute Gasteiger partial charge is 0.404 e. The summed E-state index contributed by atoms with van der Waals surface area (Å²) in [7, 11) is -4.33. The lowest BCUT2D eigenvalue weighted by Gasteiger charge is -2.21. The van der Waals surface area contributed by atoms with Crippen LogP contribution in [0.25, 0.3) is 0 Å². The quantitative estimate of drug-likeness (QED) is 0.0818. The molecule has 1 aromatic carbocycles. The first kappa shape index (κ1) is 36.2. The molecule has 1 aromatic rings. The highest BCUT2D eigenvalue weighted by molar-refractivity contribution is 8.03. The number of para-hydroxylation sites is 1. The third kappa shape index (κ3) is 17.6. The molecule has 0 radical (unpaired) electrons. The zero-order valence-electron chi connectivity index (χ0n) is 25.9. The van der Waals surface area contributed by atoms with Gasteiger partial charge in [-0.1, -0.05) is 109 Å². The summed E-state index contributed by atoms with van der Waals surface area (Å²) in [5, 5.41) is 0. The van der Waals surface area contributed by atoms with Crippen LogP contribution in [0.3, 0.4) is 0 Å². The van der Waals surface area contributed by atoms with Gasteiger partial charge in [-0.3, -0.25) is 9.42 Å². The summed E-state index contributed by atoms with van der Waals surface area (Å²) in [5.41, 5.74) is 0.829. The van der Waals surface area contributed by atoms with Crippen LogP contribution in [0.5, 0.6) is 5.75 Å². The number of rotatable bonds is 26. The molecule has 0 saturated heterocycles. The first-order chi connectivity index (χ1) is 19.9. The Labute approximate surface area is 254 Å². The number of hydrogen-bond donors (Lipinski definition) is 1. The largest absolute Gasteiger partial charge is 0.527 e. The monoisotopic (exact) mass is 613 g/mol. The molecule has 0 saturated carbocycles. The summed E-state index contributed by atoms with van der Waals surface area (Å²) in [5.74, 6) is 1.20. The van der Waals surface area contributed by atoms with Gasteiger partial charge in [-0.15, -0.1) is 11.8 Å². The van der Waals surface area contributed by atoms with Crippen molar-refractivity contribution in [3.8, 4) is 5.75 Å². The van der Waals surface area contributed by atoms with Crippen LogP contribution in [-0.4, -0.2) is 48.2 Å². The zero-order chi connectivity index (χ0) is 29.6. The first-order valence-electron chi connectivity index (χ1n) is 15.9. The van der Waals surface area contributed by atoms with E-state index in [0.29, 0.717) is 32.1 Å². The number of phosphoric acid groups is 1. The fraction of sp³-hybridized carbons (Fsp3) is 0.750. The van der Waals surface area contributed by atoms with Crippen molar-refractivity contribution in [3.05, 3.63) is 40.9 Å². The van der Waals surface area contributed by atoms with Crippen molar-refractivity contribution < 1.29 is 28.0 Å². The van der Waals surface area contributed by atoms with E-state index in [0.717, 1.165) is 24.3 Å². The van der Waals surface area contributed by atoms with Gasteiger partial charge in [-0.05, 0) is 31.2 Å². The Bertz CT molecular complexity index is 885. The maximum absolute atomic E-state index is 12.7. The van der Waals surface area contributed by atoms with E-state index < -0.39 is 13.9 Å². The molecule has 236 valence electrons. The van der Waals surface area contributed by atoms with Gasteiger partial charge >= 0.3 is 7.82 Å². The second kappa shape index (κ2) is 22.5. The molecule has 1 aliphatic heterocycles. The van der Waals surface area contributed by atoms with E-state index in [2.05, 4.69) is 24.9 Å². The third-order valence-electron chi connectivity index (χ3n) is 7.15. The minimum absolute atomic E-state index is 0.0762. The van der Waals surface area contributed by atoms with E-state index in [1.54, 1.807) is 23.9 Å². The van der Waals surface area contributed by atoms with E-state index in [1.807, 2.05) is 19.1 Å². The summed E-state index contributed by atoms with van der Waals surface area (Å²) >= 11 is 1.77. The number of hydrogen-bond acceptors (Lipinski definition) is 7. The van der Waals surface area contributed by atoms with Gasteiger partial charge in [-0.25, -0.2) is 4.57 Å². The van der Waals surface area contributed by atoms with Gasteiger partial charge in [0.2, 0.25) is 0 Å². The summed E-state index contributed by atoms with van der Waals surface area (Å²) < 4.78 is 35.0. The SMILES string of the molecule is CCCCCCCCCCCCCCCCOCC(COP(=O)(O)Oc1ccccc1CN1C=C(C)SC1)OCC. The Kier molecular flexibility index (Phi) is 19.9. The maximum atomic E-state index is 12.7. The van der Waals surface area contributed by atoms with Crippen LogP contribution in [0, 0.1) is 0 Å². The molecule has 0 aliphatic carbocycles. The van der Waals surface area contributed by atoms with Gasteiger partial charge in [0, 0.05) is 31.5 Å². The molecule has 1 aliphatic rings. The lowest BCUT2D eigenvalue weighted by Crippen LogP contribution is -2.26. The fourth-order valence-corrected chi connectivity index (χ4v) is 6.46. The van der Waals surface area contributed by atoms with Gasteiger partial charge in [0.1, 0.15) is 11.9 Å².